The van der Waals surface area contributed by atoms with Gasteiger partial charge in [-0.25, -0.2) is 8.42 Å². The van der Waals surface area contributed by atoms with Gasteiger partial charge in [0.2, 0.25) is 5.91 Å². The third-order valence-electron chi connectivity index (χ3n) is 5.38. The van der Waals surface area contributed by atoms with E-state index in [9.17, 15) is 18.0 Å². The second-order valence-electron chi connectivity index (χ2n) is 7.90. The minimum Gasteiger partial charge on any atom is -0.354 e. The van der Waals surface area contributed by atoms with E-state index in [0.29, 0.717) is 36.3 Å². The summed E-state index contributed by atoms with van der Waals surface area (Å²) in [5.41, 5.74) is 2.31. The number of hydrogen-bond acceptors (Lipinski definition) is 4. The SMILES string of the molecule is CCCNC(=O)C1CCCN1C(=O)c1ccc(NS(=O)(=O)c2cc(C)ccc2C)cc1. The Morgan fingerprint density at radius 2 is 1.81 bits per heavy atom. The van der Waals surface area contributed by atoms with Crippen LogP contribution in [0.2, 0.25) is 0 Å². The third-order valence-corrected chi connectivity index (χ3v) is 6.91. The molecular weight excluding hydrogens is 414 g/mol. The number of carbonyl (C=O) groups excluding carboxylic acids is 2. The molecule has 2 N–H and O–H groups in total. The molecular formula is C23H29N3O4S. The number of likely N-dealkylation sites (tertiary alicyclic amines) is 1. The summed E-state index contributed by atoms with van der Waals surface area (Å²) in [6, 6.07) is 11.1. The lowest BCUT2D eigenvalue weighted by Crippen LogP contribution is -2.46. The Hall–Kier alpha value is -2.87. The predicted molar refractivity (Wildman–Crippen MR) is 121 cm³/mol. The van der Waals surface area contributed by atoms with Crippen LogP contribution in [0.25, 0.3) is 0 Å². The van der Waals surface area contributed by atoms with Crippen molar-refractivity contribution in [2.45, 2.75) is 51.0 Å². The Kier molecular flexibility index (Phi) is 7.00. The maximum Gasteiger partial charge on any atom is 0.262 e. The van der Waals surface area contributed by atoms with Crippen LogP contribution in [0.5, 0.6) is 0 Å². The van der Waals surface area contributed by atoms with Gasteiger partial charge in [-0.1, -0.05) is 19.1 Å². The van der Waals surface area contributed by atoms with E-state index in [-0.39, 0.29) is 16.7 Å². The van der Waals surface area contributed by atoms with Crippen molar-refractivity contribution >= 4 is 27.5 Å². The van der Waals surface area contributed by atoms with Gasteiger partial charge >= 0.3 is 0 Å². The Morgan fingerprint density at radius 3 is 2.48 bits per heavy atom. The number of nitrogens with zero attached hydrogens (tertiary/aromatic N) is 1. The van der Waals surface area contributed by atoms with E-state index < -0.39 is 16.1 Å². The Morgan fingerprint density at radius 1 is 1.10 bits per heavy atom. The molecule has 0 aliphatic carbocycles. The highest BCUT2D eigenvalue weighted by atomic mass is 32.2. The topological polar surface area (TPSA) is 95.6 Å². The molecule has 7 nitrogen and oxygen atoms in total. The first-order chi connectivity index (χ1) is 14.7. The van der Waals surface area contributed by atoms with E-state index in [4.69, 9.17) is 0 Å². The summed E-state index contributed by atoms with van der Waals surface area (Å²) in [5.74, 6) is -0.344. The first-order valence-electron chi connectivity index (χ1n) is 10.5. The van der Waals surface area contributed by atoms with E-state index in [2.05, 4.69) is 10.0 Å². The fourth-order valence-corrected chi connectivity index (χ4v) is 5.09. The predicted octanol–water partition coefficient (Wildman–Crippen LogP) is 3.24. The smallest absolute Gasteiger partial charge is 0.262 e. The van der Waals surface area contributed by atoms with Crippen LogP contribution < -0.4 is 10.0 Å². The summed E-state index contributed by atoms with van der Waals surface area (Å²) in [4.78, 5) is 27.1. The van der Waals surface area contributed by atoms with Crippen LogP contribution in [-0.4, -0.2) is 44.3 Å². The van der Waals surface area contributed by atoms with Crippen LogP contribution >= 0.6 is 0 Å². The molecule has 0 saturated carbocycles. The van der Waals surface area contributed by atoms with E-state index in [1.165, 1.54) is 0 Å². The summed E-state index contributed by atoms with van der Waals surface area (Å²) in [5, 5.41) is 2.86. The summed E-state index contributed by atoms with van der Waals surface area (Å²) in [6.07, 6.45) is 2.27. The number of rotatable bonds is 7. The molecule has 1 aliphatic rings. The average molecular weight is 444 g/mol. The number of amides is 2. The standard InChI is InChI=1S/C23H29N3O4S/c1-4-13-24-22(27)20-6-5-14-26(20)23(28)18-9-11-19(12-10-18)25-31(29,30)21-15-16(2)7-8-17(21)3/h7-12,15,20,25H,4-6,13-14H2,1-3H3,(H,24,27). The van der Waals surface area contributed by atoms with E-state index in [1.807, 2.05) is 19.9 Å². The second-order valence-corrected chi connectivity index (χ2v) is 9.55. The number of benzene rings is 2. The van der Waals surface area contributed by atoms with Crippen molar-refractivity contribution in [2.24, 2.45) is 0 Å². The van der Waals surface area contributed by atoms with Crippen LogP contribution in [-0.2, 0) is 14.8 Å². The lowest BCUT2D eigenvalue weighted by molar-refractivity contribution is -0.124. The van der Waals surface area contributed by atoms with Gasteiger partial charge in [0.1, 0.15) is 6.04 Å². The fraction of sp³-hybridized carbons (Fsp3) is 0.391. The van der Waals surface area contributed by atoms with Gasteiger partial charge in [0.15, 0.2) is 0 Å². The van der Waals surface area contributed by atoms with Crippen molar-refractivity contribution in [2.75, 3.05) is 17.8 Å². The molecule has 0 spiro atoms. The minimum atomic E-state index is -3.74. The van der Waals surface area contributed by atoms with Gasteiger partial charge in [0.25, 0.3) is 15.9 Å². The van der Waals surface area contributed by atoms with Crippen molar-refractivity contribution in [3.8, 4) is 0 Å². The number of nitrogens with one attached hydrogen (secondary N) is 2. The maximum absolute atomic E-state index is 12.9. The first kappa shape index (κ1) is 22.8. The molecule has 3 rings (SSSR count). The molecule has 2 aromatic carbocycles. The first-order valence-corrected chi connectivity index (χ1v) is 12.0. The minimum absolute atomic E-state index is 0.120. The summed E-state index contributed by atoms with van der Waals surface area (Å²) in [7, 11) is -3.74. The summed E-state index contributed by atoms with van der Waals surface area (Å²) >= 11 is 0. The van der Waals surface area contributed by atoms with Gasteiger partial charge in [-0.05, 0) is 74.6 Å². The van der Waals surface area contributed by atoms with Gasteiger partial charge in [-0.2, -0.15) is 0 Å². The monoisotopic (exact) mass is 443 g/mol. The van der Waals surface area contributed by atoms with Gasteiger partial charge in [0.05, 0.1) is 4.90 Å². The summed E-state index contributed by atoms with van der Waals surface area (Å²) < 4.78 is 28.1. The lowest BCUT2D eigenvalue weighted by atomic mass is 10.1. The Bertz CT molecular complexity index is 1060. The van der Waals surface area contributed by atoms with Gasteiger partial charge < -0.3 is 10.2 Å². The maximum atomic E-state index is 12.9. The van der Waals surface area contributed by atoms with Gasteiger partial charge in [-0.3, -0.25) is 14.3 Å². The van der Waals surface area contributed by atoms with Crippen molar-refractivity contribution in [3.63, 3.8) is 0 Å². The van der Waals surface area contributed by atoms with Crippen LogP contribution in [0.1, 0.15) is 47.7 Å². The van der Waals surface area contributed by atoms with Crippen LogP contribution in [0.15, 0.2) is 47.4 Å². The quantitative estimate of drug-likeness (QED) is 0.687. The number of hydrogen-bond donors (Lipinski definition) is 2. The molecule has 166 valence electrons. The van der Waals surface area contributed by atoms with Crippen molar-refractivity contribution < 1.29 is 18.0 Å². The van der Waals surface area contributed by atoms with Crippen LogP contribution in [0.4, 0.5) is 5.69 Å². The third kappa shape index (κ3) is 5.25. The molecule has 1 heterocycles. The molecule has 0 aromatic heterocycles. The van der Waals surface area contributed by atoms with Crippen LogP contribution in [0, 0.1) is 13.8 Å². The fourth-order valence-electron chi connectivity index (χ4n) is 3.70. The van der Waals surface area contributed by atoms with Crippen LogP contribution in [0.3, 0.4) is 0 Å². The molecule has 1 aliphatic heterocycles. The summed E-state index contributed by atoms with van der Waals surface area (Å²) in [6.45, 7) is 6.69. The normalized spacial score (nSPS) is 16.2. The lowest BCUT2D eigenvalue weighted by Gasteiger charge is -2.24. The highest BCUT2D eigenvalue weighted by Gasteiger charge is 2.34. The number of aryl methyl sites for hydroxylation is 2. The molecule has 1 fully saturated rings. The van der Waals surface area contributed by atoms with E-state index in [1.54, 1.807) is 48.2 Å². The zero-order valence-corrected chi connectivity index (χ0v) is 19.0. The highest BCUT2D eigenvalue weighted by molar-refractivity contribution is 7.92. The number of carbonyl (C=O) groups is 2. The number of anilines is 1. The van der Waals surface area contributed by atoms with Gasteiger partial charge in [-0.15, -0.1) is 0 Å². The molecule has 0 bridgehead atoms. The largest absolute Gasteiger partial charge is 0.354 e. The van der Waals surface area contributed by atoms with Crippen molar-refractivity contribution in [1.29, 1.82) is 0 Å². The molecule has 0 radical (unpaired) electrons. The van der Waals surface area contributed by atoms with Crippen molar-refractivity contribution in [1.82, 2.24) is 10.2 Å². The van der Waals surface area contributed by atoms with E-state index >= 15 is 0 Å². The molecule has 2 aromatic rings. The van der Waals surface area contributed by atoms with E-state index in [0.717, 1.165) is 18.4 Å². The van der Waals surface area contributed by atoms with Crippen molar-refractivity contribution in [3.05, 3.63) is 59.2 Å². The average Bonchev–Trinajstić information content (AvgIpc) is 3.23. The molecule has 2 amide bonds. The second kappa shape index (κ2) is 9.51. The Balaban J connectivity index is 1.73. The zero-order chi connectivity index (χ0) is 22.6. The Labute approximate surface area is 183 Å². The molecule has 1 unspecified atom stereocenters. The zero-order valence-electron chi connectivity index (χ0n) is 18.1. The number of sulfonamides is 1. The molecule has 1 saturated heterocycles. The molecule has 1 atom stereocenters. The molecule has 8 heteroatoms. The highest BCUT2D eigenvalue weighted by Crippen LogP contribution is 2.23. The van der Waals surface area contributed by atoms with Gasteiger partial charge in [0, 0.05) is 24.3 Å². The molecule has 31 heavy (non-hydrogen) atoms.